The Kier molecular flexibility index (Phi) is 4.01. The normalized spacial score (nSPS) is 8.93. The average Bonchev–Trinajstić information content (AvgIpc) is 2.52. The molecule has 1 rings (SSSR count). The minimum atomic E-state index is -0.347. The van der Waals surface area contributed by atoms with Gasteiger partial charge in [-0.05, 0) is 4.83 Å². The summed E-state index contributed by atoms with van der Waals surface area (Å²) in [5, 5.41) is 7.64. The molecule has 5 nitrogen and oxygen atoms in total. The van der Waals surface area contributed by atoms with E-state index in [-0.39, 0.29) is 11.5 Å². The van der Waals surface area contributed by atoms with E-state index in [0.29, 0.717) is 13.0 Å². The molecule has 0 radical (unpaired) electrons. The molecule has 0 aliphatic heterocycles. The van der Waals surface area contributed by atoms with Crippen molar-refractivity contribution < 1.29 is 4.79 Å². The summed E-state index contributed by atoms with van der Waals surface area (Å²) in [6.45, 7) is 0.439. The molecule has 3 N–H and O–H groups in total. The minimum Gasteiger partial charge on any atom is -0.345 e. The van der Waals surface area contributed by atoms with Gasteiger partial charge in [0.15, 0.2) is 0 Å². The van der Waals surface area contributed by atoms with Gasteiger partial charge in [0.1, 0.15) is 0 Å². The van der Waals surface area contributed by atoms with E-state index in [4.69, 9.17) is 0 Å². The molecule has 0 aliphatic carbocycles. The lowest BCUT2D eigenvalue weighted by atomic mass is 10.3. The quantitative estimate of drug-likeness (QED) is 0.652. The first-order valence-electron chi connectivity index (χ1n) is 3.88. The molecule has 6 heteroatoms. The van der Waals surface area contributed by atoms with Gasteiger partial charge in [0.2, 0.25) is 0 Å². The minimum absolute atomic E-state index is 0.174. The molecule has 0 atom stereocenters. The fraction of sp³-hybridized carbons (Fsp3) is 0.250. The molecule has 0 aliphatic rings. The molecule has 0 spiro atoms. The van der Waals surface area contributed by atoms with Crippen LogP contribution in [0.4, 0.5) is 0 Å². The number of H-pyrrole nitrogens is 2. The first-order chi connectivity index (χ1) is 6.72. The van der Waals surface area contributed by atoms with Crippen LogP contribution in [-0.2, 0) is 11.2 Å². The lowest BCUT2D eigenvalue weighted by Gasteiger charge is -1.97. The van der Waals surface area contributed by atoms with E-state index in [1.54, 1.807) is 0 Å². The van der Waals surface area contributed by atoms with Crippen LogP contribution in [0.2, 0.25) is 0 Å². The van der Waals surface area contributed by atoms with Crippen molar-refractivity contribution in [2.24, 2.45) is 0 Å². The molecule has 0 saturated carbocycles. The number of nitrogens with one attached hydrogen (secondary N) is 3. The van der Waals surface area contributed by atoms with Gasteiger partial charge in [0.05, 0.1) is 0 Å². The average molecular weight is 258 g/mol. The Morgan fingerprint density at radius 1 is 1.57 bits per heavy atom. The number of carbonyl (C=O) groups is 1. The predicted molar refractivity (Wildman–Crippen MR) is 54.8 cm³/mol. The highest BCUT2D eigenvalue weighted by Crippen LogP contribution is 1.87. The standard InChI is InChI=1S/C8H8BrN3O2/c9-3-1-7(13)10-4-2-6-5-8(14)12-11-6/h5H,2,4H2,(H,10,13)(H2,11,12,14). The summed E-state index contributed by atoms with van der Waals surface area (Å²) < 4.78 is 0. The van der Waals surface area contributed by atoms with Crippen LogP contribution in [0, 0.1) is 10.8 Å². The van der Waals surface area contributed by atoms with E-state index < -0.39 is 0 Å². The second kappa shape index (κ2) is 5.29. The molecule has 14 heavy (non-hydrogen) atoms. The van der Waals surface area contributed by atoms with E-state index in [1.807, 2.05) is 0 Å². The molecule has 0 fully saturated rings. The maximum Gasteiger partial charge on any atom is 0.296 e. The third kappa shape index (κ3) is 3.49. The van der Waals surface area contributed by atoms with Gasteiger partial charge in [-0.2, -0.15) is 0 Å². The molecule has 1 heterocycles. The van der Waals surface area contributed by atoms with Crippen LogP contribution in [0.5, 0.6) is 0 Å². The third-order valence-electron chi connectivity index (χ3n) is 1.49. The Morgan fingerprint density at radius 2 is 2.36 bits per heavy atom. The van der Waals surface area contributed by atoms with Gasteiger partial charge in [-0.1, -0.05) is 0 Å². The number of rotatable bonds is 3. The molecule has 1 aromatic heterocycles. The zero-order valence-electron chi connectivity index (χ0n) is 7.19. The second-order valence-electron chi connectivity index (χ2n) is 2.51. The molecule has 0 aromatic carbocycles. The first-order valence-corrected chi connectivity index (χ1v) is 4.67. The second-order valence-corrected chi connectivity index (χ2v) is 2.91. The van der Waals surface area contributed by atoms with Crippen LogP contribution >= 0.6 is 15.9 Å². The molecule has 1 amide bonds. The van der Waals surface area contributed by atoms with E-state index in [0.717, 1.165) is 5.69 Å². The van der Waals surface area contributed by atoms with Gasteiger partial charge in [0, 0.05) is 46.6 Å². The number of aromatic nitrogens is 2. The smallest absolute Gasteiger partial charge is 0.296 e. The maximum absolute atomic E-state index is 10.8. The Labute approximate surface area is 88.4 Å². The lowest BCUT2D eigenvalue weighted by Crippen LogP contribution is -2.23. The molecule has 0 saturated heterocycles. The summed E-state index contributed by atoms with van der Waals surface area (Å²) in [6.07, 6.45) is 0.564. The highest BCUT2D eigenvalue weighted by atomic mass is 79.9. The predicted octanol–water partition coefficient (Wildman–Crippen LogP) is -0.283. The summed E-state index contributed by atoms with van der Waals surface area (Å²) in [5.41, 5.74) is 0.577. The van der Waals surface area contributed by atoms with Crippen LogP contribution in [-0.4, -0.2) is 22.6 Å². The zero-order valence-corrected chi connectivity index (χ0v) is 8.77. The Balaban J connectivity index is 2.31. The Bertz CT molecular complexity index is 424. The molecular weight excluding hydrogens is 250 g/mol. The maximum atomic E-state index is 10.8. The van der Waals surface area contributed by atoms with E-state index in [2.05, 4.69) is 42.2 Å². The van der Waals surface area contributed by atoms with Crippen molar-refractivity contribution in [3.05, 3.63) is 22.1 Å². The number of aromatic amines is 2. The van der Waals surface area contributed by atoms with Crippen molar-refractivity contribution in [1.82, 2.24) is 15.5 Å². The number of hydrogen-bond acceptors (Lipinski definition) is 2. The summed E-state index contributed by atoms with van der Waals surface area (Å²) in [5.74, 6) is 1.93. The number of halogens is 1. The fourth-order valence-corrected chi connectivity index (χ4v) is 1.08. The molecule has 0 bridgehead atoms. The van der Waals surface area contributed by atoms with Gasteiger partial charge in [-0.15, -0.1) is 0 Å². The highest BCUT2D eigenvalue weighted by Gasteiger charge is 1.97. The summed E-state index contributed by atoms with van der Waals surface area (Å²) >= 11 is 2.82. The lowest BCUT2D eigenvalue weighted by molar-refractivity contribution is -0.115. The molecule has 74 valence electrons. The van der Waals surface area contributed by atoms with Gasteiger partial charge >= 0.3 is 0 Å². The summed E-state index contributed by atoms with van der Waals surface area (Å²) in [4.78, 5) is 23.8. The first kappa shape index (κ1) is 10.6. The third-order valence-corrected chi connectivity index (χ3v) is 1.69. The van der Waals surface area contributed by atoms with Gasteiger partial charge in [-0.25, -0.2) is 0 Å². The van der Waals surface area contributed by atoms with Crippen molar-refractivity contribution >= 4 is 21.8 Å². The zero-order chi connectivity index (χ0) is 10.4. The van der Waals surface area contributed by atoms with Crippen molar-refractivity contribution in [3.8, 4) is 10.8 Å². The number of carbonyl (C=O) groups excluding carboxylic acids is 1. The molecule has 0 unspecified atom stereocenters. The van der Waals surface area contributed by atoms with Crippen molar-refractivity contribution in [1.29, 1.82) is 0 Å². The fourth-order valence-electron chi connectivity index (χ4n) is 0.905. The number of hydrogen-bond donors (Lipinski definition) is 3. The highest BCUT2D eigenvalue weighted by molar-refractivity contribution is 9.12. The Morgan fingerprint density at radius 3 is 2.93 bits per heavy atom. The monoisotopic (exact) mass is 257 g/mol. The van der Waals surface area contributed by atoms with Crippen molar-refractivity contribution in [2.45, 2.75) is 6.42 Å². The molecule has 1 aromatic rings. The van der Waals surface area contributed by atoms with Crippen LogP contribution < -0.4 is 10.9 Å². The van der Waals surface area contributed by atoms with Crippen LogP contribution in [0.25, 0.3) is 0 Å². The van der Waals surface area contributed by atoms with E-state index in [9.17, 15) is 9.59 Å². The van der Waals surface area contributed by atoms with E-state index in [1.165, 1.54) is 6.07 Å². The van der Waals surface area contributed by atoms with Crippen molar-refractivity contribution in [3.63, 3.8) is 0 Å². The van der Waals surface area contributed by atoms with Gasteiger partial charge in [-0.3, -0.25) is 14.7 Å². The largest absolute Gasteiger partial charge is 0.345 e. The number of amides is 1. The van der Waals surface area contributed by atoms with Gasteiger partial charge < -0.3 is 10.4 Å². The van der Waals surface area contributed by atoms with Crippen LogP contribution in [0.3, 0.4) is 0 Å². The molecular formula is C8H8BrN3O2. The van der Waals surface area contributed by atoms with Crippen LogP contribution in [0.1, 0.15) is 5.69 Å². The Hall–Kier alpha value is -1.48. The SMILES string of the molecule is O=C(C#CBr)NCCc1cc(=O)[nH][nH]1. The topological polar surface area (TPSA) is 77.8 Å². The summed E-state index contributed by atoms with van der Waals surface area (Å²) in [7, 11) is 0. The summed E-state index contributed by atoms with van der Waals surface area (Å²) in [6, 6.07) is 1.45. The van der Waals surface area contributed by atoms with Gasteiger partial charge in [0.25, 0.3) is 11.5 Å². The van der Waals surface area contributed by atoms with Crippen molar-refractivity contribution in [2.75, 3.05) is 6.54 Å². The van der Waals surface area contributed by atoms with Crippen LogP contribution in [0.15, 0.2) is 10.9 Å². The van der Waals surface area contributed by atoms with E-state index >= 15 is 0 Å².